The van der Waals surface area contributed by atoms with Gasteiger partial charge in [-0.25, -0.2) is 4.99 Å². The molecule has 5 bridgehead atoms. The average Bonchev–Trinajstić information content (AvgIpc) is 3.56. The number of aliphatic imine (C=N–C) groups is 1. The molecule has 8 aliphatic rings. The summed E-state index contributed by atoms with van der Waals surface area (Å²) in [5, 5.41) is 41.2. The minimum absolute atomic E-state index is 0.000674. The van der Waals surface area contributed by atoms with E-state index in [-0.39, 0.29) is 12.8 Å². The van der Waals surface area contributed by atoms with Crippen LogP contribution in [0.5, 0.6) is 17.2 Å². The highest BCUT2D eigenvalue weighted by Gasteiger charge is 2.70. The van der Waals surface area contributed by atoms with Gasteiger partial charge in [-0.05, 0) is 18.8 Å². The van der Waals surface area contributed by atoms with Crippen LogP contribution in [0, 0.1) is 11.8 Å². The molecule has 0 amide bonds. The van der Waals surface area contributed by atoms with Gasteiger partial charge in [0.2, 0.25) is 24.7 Å². The van der Waals surface area contributed by atoms with Crippen molar-refractivity contribution >= 4 is 11.6 Å². The second-order valence-electron chi connectivity index (χ2n) is 11.5. The van der Waals surface area contributed by atoms with E-state index in [0.29, 0.717) is 59.9 Å². The van der Waals surface area contributed by atoms with Crippen LogP contribution in [0.25, 0.3) is 0 Å². The third-order valence-electron chi connectivity index (χ3n) is 9.91. The Kier molecular flexibility index (Phi) is 5.32. The molecule has 8 aliphatic heterocycles. The van der Waals surface area contributed by atoms with E-state index in [1.807, 2.05) is 6.07 Å². The summed E-state index contributed by atoms with van der Waals surface area (Å²) in [7, 11) is 1.71. The molecule has 12 nitrogen and oxygen atoms in total. The molecule has 8 heterocycles. The monoisotopic (exact) mass is 544 g/mol. The van der Waals surface area contributed by atoms with Gasteiger partial charge in [-0.15, -0.1) is 0 Å². The molecular weight excluding hydrogens is 512 g/mol. The molecule has 1 spiro atoms. The molecule has 9 rings (SSSR count). The smallest absolute Gasteiger partial charge is 0.231 e. The Morgan fingerprint density at radius 1 is 1.18 bits per heavy atom. The summed E-state index contributed by atoms with van der Waals surface area (Å²) < 4.78 is 35.5. The highest BCUT2D eigenvalue weighted by Crippen LogP contribution is 2.66. The van der Waals surface area contributed by atoms with Gasteiger partial charge in [0.15, 0.2) is 11.5 Å². The van der Waals surface area contributed by atoms with Crippen molar-refractivity contribution in [3.63, 3.8) is 0 Å². The van der Waals surface area contributed by atoms with Crippen LogP contribution >= 0.6 is 0 Å². The van der Waals surface area contributed by atoms with E-state index in [9.17, 15) is 20.4 Å². The van der Waals surface area contributed by atoms with Crippen LogP contribution in [0.3, 0.4) is 0 Å². The molecule has 0 aromatic heterocycles. The fourth-order valence-corrected chi connectivity index (χ4v) is 8.19. The maximum Gasteiger partial charge on any atom is 0.231 e. The number of hydrogen-bond donors (Lipinski definition) is 4. The number of piperidine rings is 3. The number of aliphatic hydroxyl groups excluding tert-OH is 4. The zero-order valence-corrected chi connectivity index (χ0v) is 21.4. The number of rotatable bonds is 5. The fourth-order valence-electron chi connectivity index (χ4n) is 8.19. The second kappa shape index (κ2) is 8.53. The number of ether oxygens (including phenoxy) is 6. The lowest BCUT2D eigenvalue weighted by Crippen LogP contribution is -2.61. The lowest BCUT2D eigenvalue weighted by molar-refractivity contribution is -0.277. The van der Waals surface area contributed by atoms with Gasteiger partial charge in [0.1, 0.15) is 24.4 Å². The summed E-state index contributed by atoms with van der Waals surface area (Å²) in [6, 6.07) is 2.29. The van der Waals surface area contributed by atoms with Crippen molar-refractivity contribution in [1.82, 2.24) is 4.90 Å². The van der Waals surface area contributed by atoms with Gasteiger partial charge >= 0.3 is 0 Å². The molecule has 0 radical (unpaired) electrons. The molecule has 210 valence electrons. The van der Waals surface area contributed by atoms with Crippen LogP contribution < -0.4 is 14.2 Å². The fraction of sp³-hybridized carbons (Fsp3) is 0.667. The van der Waals surface area contributed by atoms with Gasteiger partial charge in [0.25, 0.3) is 0 Å². The van der Waals surface area contributed by atoms with Crippen LogP contribution in [-0.4, -0.2) is 114 Å². The first-order valence-electron chi connectivity index (χ1n) is 13.6. The molecule has 4 N–H and O–H groups in total. The van der Waals surface area contributed by atoms with E-state index in [2.05, 4.69) is 11.0 Å². The molecule has 0 saturated carbocycles. The van der Waals surface area contributed by atoms with E-state index in [1.54, 1.807) is 7.11 Å². The normalized spacial score (nSPS) is 45.2. The Morgan fingerprint density at radius 2 is 2.05 bits per heavy atom. The van der Waals surface area contributed by atoms with Gasteiger partial charge in [-0.2, -0.15) is 0 Å². The number of hydrogen-bond acceptors (Lipinski definition) is 12. The zero-order chi connectivity index (χ0) is 26.6. The summed E-state index contributed by atoms with van der Waals surface area (Å²) in [5.74, 6) is 2.56. The lowest BCUT2D eigenvalue weighted by Gasteiger charge is -2.54. The van der Waals surface area contributed by atoms with E-state index in [1.165, 1.54) is 5.57 Å². The van der Waals surface area contributed by atoms with Crippen molar-refractivity contribution in [3.05, 3.63) is 23.3 Å². The summed E-state index contributed by atoms with van der Waals surface area (Å²) in [6.45, 7) is 1.48. The minimum atomic E-state index is -1.57. The molecule has 0 aliphatic carbocycles. The molecule has 6 fully saturated rings. The van der Waals surface area contributed by atoms with Crippen LogP contribution in [0.15, 0.2) is 22.7 Å². The maximum absolute atomic E-state index is 10.8. The SMILES string of the molecule is COC/C=C1/CN2C3C[C@@]45C(=Nc6cc7c(c(O[C@@H]8O[C@H](CO)[C@@H](O)[C@H](O)[C@H]8O)c64)OCO7)OCC3C1CC25. The lowest BCUT2D eigenvalue weighted by atomic mass is 9.68. The molecule has 6 saturated heterocycles. The third kappa shape index (κ3) is 3.10. The summed E-state index contributed by atoms with van der Waals surface area (Å²) in [6.07, 6.45) is -3.13. The van der Waals surface area contributed by atoms with Crippen molar-refractivity contribution < 1.29 is 48.8 Å². The Bertz CT molecular complexity index is 1270. The predicted octanol–water partition coefficient (Wildman–Crippen LogP) is -0.429. The predicted molar refractivity (Wildman–Crippen MR) is 132 cm³/mol. The first kappa shape index (κ1) is 24.4. The van der Waals surface area contributed by atoms with Crippen molar-refractivity contribution in [1.29, 1.82) is 0 Å². The molecule has 1 aromatic rings. The van der Waals surface area contributed by atoms with Crippen LogP contribution in [0.4, 0.5) is 5.69 Å². The average molecular weight is 545 g/mol. The van der Waals surface area contributed by atoms with Crippen molar-refractivity contribution in [3.8, 4) is 17.2 Å². The van der Waals surface area contributed by atoms with Gasteiger partial charge in [0, 0.05) is 43.3 Å². The number of nitrogens with zero attached hydrogens (tertiary/aromatic N) is 2. The highest BCUT2D eigenvalue weighted by atomic mass is 16.7. The molecule has 1 aromatic carbocycles. The molecule has 39 heavy (non-hydrogen) atoms. The second-order valence-corrected chi connectivity index (χ2v) is 11.5. The first-order valence-corrected chi connectivity index (χ1v) is 13.6. The minimum Gasteiger partial charge on any atom is -0.480 e. The Labute approximate surface area is 224 Å². The topological polar surface area (TPSA) is 152 Å². The molecule has 12 heteroatoms. The first-order chi connectivity index (χ1) is 19.0. The largest absolute Gasteiger partial charge is 0.480 e. The van der Waals surface area contributed by atoms with E-state index in [4.69, 9.17) is 33.4 Å². The molecular formula is C27H32N2O10. The zero-order valence-electron chi connectivity index (χ0n) is 21.4. The van der Waals surface area contributed by atoms with E-state index < -0.39 is 42.7 Å². The number of benzene rings is 1. The summed E-state index contributed by atoms with van der Waals surface area (Å²) in [4.78, 5) is 7.55. The van der Waals surface area contributed by atoms with Gasteiger partial charge in [-0.1, -0.05) is 11.6 Å². The molecule has 11 atom stereocenters. The summed E-state index contributed by atoms with van der Waals surface area (Å²) in [5.41, 5.74) is 2.28. The Balaban J connectivity index is 1.24. The van der Waals surface area contributed by atoms with Crippen molar-refractivity contribution in [2.45, 2.75) is 61.0 Å². The van der Waals surface area contributed by atoms with E-state index in [0.717, 1.165) is 24.9 Å². The highest BCUT2D eigenvalue weighted by molar-refractivity contribution is 6.00. The van der Waals surface area contributed by atoms with Gasteiger partial charge in [0.05, 0.1) is 30.9 Å². The maximum atomic E-state index is 10.8. The third-order valence-corrected chi connectivity index (χ3v) is 9.91. The van der Waals surface area contributed by atoms with Gasteiger partial charge < -0.3 is 48.8 Å². The van der Waals surface area contributed by atoms with Crippen LogP contribution in [0.2, 0.25) is 0 Å². The quantitative estimate of drug-likeness (QED) is 0.358. The standard InChI is InChI=1S/C27H32N2O10/c1-34-3-2-11-7-29-15-6-27-18(29)4-12(11)13(15)9-35-26(27)28-14-5-16-23(37-10-36-16)24(19(14)27)39-25-22(33)21(32)20(31)17(8-30)38-25/h2,5,12-13,15,17-18,20-22,25,30-33H,3-4,6-10H2,1H3/b11-2-/t12?,13?,15?,17-,18?,20-,21+,22-,25+,27+/m1/s1. The summed E-state index contributed by atoms with van der Waals surface area (Å²) >= 11 is 0. The van der Waals surface area contributed by atoms with Crippen LogP contribution in [0.1, 0.15) is 18.4 Å². The number of methoxy groups -OCH3 is 1. The molecule has 5 unspecified atom stereocenters. The van der Waals surface area contributed by atoms with Crippen LogP contribution in [-0.2, 0) is 19.6 Å². The van der Waals surface area contributed by atoms with Gasteiger partial charge in [-0.3, -0.25) is 4.90 Å². The van der Waals surface area contributed by atoms with Crippen molar-refractivity contribution in [2.24, 2.45) is 16.8 Å². The number of aliphatic hydroxyl groups is 4. The number of fused-ring (bicyclic) bond motifs is 3. The Hall–Kier alpha value is -2.45. The Morgan fingerprint density at radius 3 is 2.87 bits per heavy atom. The van der Waals surface area contributed by atoms with Crippen molar-refractivity contribution in [2.75, 3.05) is 40.3 Å². The van der Waals surface area contributed by atoms with E-state index >= 15 is 0 Å².